The summed E-state index contributed by atoms with van der Waals surface area (Å²) in [5, 5.41) is 10.9. The second kappa shape index (κ2) is 6.12. The molecule has 104 valence electrons. The van der Waals surface area contributed by atoms with Gasteiger partial charge in [0.25, 0.3) is 5.69 Å². The van der Waals surface area contributed by atoms with E-state index in [1.165, 1.54) is 18.9 Å². The van der Waals surface area contributed by atoms with Gasteiger partial charge in [-0.2, -0.15) is 0 Å². The number of para-hydroxylation sites is 1. The van der Waals surface area contributed by atoms with E-state index in [1.807, 2.05) is 6.07 Å². The lowest BCUT2D eigenvalue weighted by molar-refractivity contribution is -0.385. The Morgan fingerprint density at radius 3 is 2.68 bits per heavy atom. The predicted molar refractivity (Wildman–Crippen MR) is 73.0 cm³/mol. The minimum absolute atomic E-state index is 0.162. The van der Waals surface area contributed by atoms with Crippen LogP contribution in [-0.2, 0) is 11.2 Å². The summed E-state index contributed by atoms with van der Waals surface area (Å²) in [4.78, 5) is 10.5. The first-order valence-electron chi connectivity index (χ1n) is 6.70. The number of hydrogen-bond acceptors (Lipinski definition) is 4. The average molecular weight is 264 g/mol. The highest BCUT2D eigenvalue weighted by atomic mass is 16.6. The van der Waals surface area contributed by atoms with Crippen LogP contribution in [0.3, 0.4) is 0 Å². The van der Waals surface area contributed by atoms with Crippen molar-refractivity contribution in [2.75, 3.05) is 13.2 Å². The van der Waals surface area contributed by atoms with Crippen molar-refractivity contribution in [3.05, 3.63) is 39.9 Å². The van der Waals surface area contributed by atoms with E-state index in [0.717, 1.165) is 12.8 Å². The van der Waals surface area contributed by atoms with Crippen LogP contribution in [0.25, 0.3) is 0 Å². The van der Waals surface area contributed by atoms with E-state index in [2.05, 4.69) is 0 Å². The quantitative estimate of drug-likeness (QED) is 0.486. The Kier molecular flexibility index (Phi) is 4.50. The number of nitrogens with zero attached hydrogens (tertiary/aromatic N) is 1. The van der Waals surface area contributed by atoms with Gasteiger partial charge in [0.05, 0.1) is 18.1 Å². The Bertz CT molecular complexity index is 442. The molecule has 19 heavy (non-hydrogen) atoms. The Morgan fingerprint density at radius 1 is 1.32 bits per heavy atom. The van der Waals surface area contributed by atoms with E-state index in [1.54, 1.807) is 12.1 Å². The third-order valence-corrected chi connectivity index (χ3v) is 3.69. The second-order valence-corrected chi connectivity index (χ2v) is 5.26. The molecule has 1 aliphatic rings. The van der Waals surface area contributed by atoms with Crippen molar-refractivity contribution in [2.45, 2.75) is 37.6 Å². The summed E-state index contributed by atoms with van der Waals surface area (Å²) in [6.45, 7) is 1.03. The van der Waals surface area contributed by atoms with E-state index in [-0.39, 0.29) is 16.1 Å². The molecule has 2 N–H and O–H groups in total. The number of nitro benzene ring substituents is 1. The maximum absolute atomic E-state index is 10.9. The highest BCUT2D eigenvalue weighted by molar-refractivity contribution is 5.39. The third kappa shape index (κ3) is 3.75. The highest BCUT2D eigenvalue weighted by Gasteiger charge is 2.29. The van der Waals surface area contributed by atoms with Crippen LogP contribution in [0.1, 0.15) is 31.2 Å². The number of hydrogen-bond donors (Lipinski definition) is 1. The van der Waals surface area contributed by atoms with Crippen molar-refractivity contribution in [3.8, 4) is 0 Å². The zero-order valence-electron chi connectivity index (χ0n) is 11.0. The van der Waals surface area contributed by atoms with E-state index in [9.17, 15) is 10.1 Å². The van der Waals surface area contributed by atoms with Crippen molar-refractivity contribution in [1.82, 2.24) is 0 Å². The summed E-state index contributed by atoms with van der Waals surface area (Å²) in [6.07, 6.45) is 4.91. The van der Waals surface area contributed by atoms with Gasteiger partial charge in [0.15, 0.2) is 0 Å². The van der Waals surface area contributed by atoms with Crippen molar-refractivity contribution >= 4 is 5.69 Å². The standard InChI is InChI=1S/C14H20N2O3/c15-14(8-3-4-9-14)11-19-10-7-12-5-1-2-6-13(12)16(17)18/h1-2,5-6H,3-4,7-11,15H2. The van der Waals surface area contributed by atoms with E-state index < -0.39 is 0 Å². The molecule has 5 heteroatoms. The zero-order chi connectivity index (χ0) is 13.7. The molecule has 1 saturated carbocycles. The molecule has 5 nitrogen and oxygen atoms in total. The van der Waals surface area contributed by atoms with E-state index in [4.69, 9.17) is 10.5 Å². The van der Waals surface area contributed by atoms with Crippen molar-refractivity contribution in [2.24, 2.45) is 5.73 Å². The molecule has 0 aliphatic heterocycles. The molecule has 0 unspecified atom stereocenters. The Balaban J connectivity index is 1.81. The molecule has 1 aromatic rings. The van der Waals surface area contributed by atoms with Gasteiger partial charge in [-0.15, -0.1) is 0 Å². The maximum Gasteiger partial charge on any atom is 0.272 e. The fraction of sp³-hybridized carbons (Fsp3) is 0.571. The zero-order valence-corrected chi connectivity index (χ0v) is 11.0. The molecular weight excluding hydrogens is 244 g/mol. The molecule has 0 aromatic heterocycles. The Hall–Kier alpha value is -1.46. The van der Waals surface area contributed by atoms with Crippen molar-refractivity contribution in [1.29, 1.82) is 0 Å². The molecule has 1 aliphatic carbocycles. The lowest BCUT2D eigenvalue weighted by atomic mass is 10.0. The van der Waals surface area contributed by atoms with Gasteiger partial charge in [-0.3, -0.25) is 10.1 Å². The average Bonchev–Trinajstić information content (AvgIpc) is 2.82. The largest absolute Gasteiger partial charge is 0.379 e. The first kappa shape index (κ1) is 14.0. The molecular formula is C14H20N2O3. The number of nitrogens with two attached hydrogens (primary N) is 1. The predicted octanol–water partition coefficient (Wildman–Crippen LogP) is 2.43. The highest BCUT2D eigenvalue weighted by Crippen LogP contribution is 2.27. The summed E-state index contributed by atoms with van der Waals surface area (Å²) < 4.78 is 5.61. The molecule has 0 radical (unpaired) electrons. The number of rotatable bonds is 6. The summed E-state index contributed by atoms with van der Waals surface area (Å²) in [6, 6.07) is 6.78. The lowest BCUT2D eigenvalue weighted by Crippen LogP contribution is -2.41. The molecule has 0 atom stereocenters. The minimum atomic E-state index is -0.350. The van der Waals surface area contributed by atoms with E-state index >= 15 is 0 Å². The fourth-order valence-electron chi connectivity index (χ4n) is 2.58. The maximum atomic E-state index is 10.9. The van der Waals surface area contributed by atoms with Crippen LogP contribution in [0.5, 0.6) is 0 Å². The van der Waals surface area contributed by atoms with Crippen molar-refractivity contribution in [3.63, 3.8) is 0 Å². The van der Waals surface area contributed by atoms with Crippen LogP contribution in [0.4, 0.5) is 5.69 Å². The van der Waals surface area contributed by atoms with Crippen LogP contribution in [-0.4, -0.2) is 23.7 Å². The van der Waals surface area contributed by atoms with Gasteiger partial charge in [-0.1, -0.05) is 31.0 Å². The normalized spacial score (nSPS) is 17.5. The van der Waals surface area contributed by atoms with Gasteiger partial charge in [0.1, 0.15) is 0 Å². The smallest absolute Gasteiger partial charge is 0.272 e. The molecule has 2 rings (SSSR count). The van der Waals surface area contributed by atoms with Crippen LogP contribution in [0.15, 0.2) is 24.3 Å². The molecule has 0 amide bonds. The third-order valence-electron chi connectivity index (χ3n) is 3.69. The summed E-state index contributed by atoms with van der Waals surface area (Å²) in [5.74, 6) is 0. The van der Waals surface area contributed by atoms with Gasteiger partial charge >= 0.3 is 0 Å². The van der Waals surface area contributed by atoms with Crippen molar-refractivity contribution < 1.29 is 9.66 Å². The van der Waals surface area contributed by atoms with Gasteiger partial charge in [-0.25, -0.2) is 0 Å². The molecule has 0 saturated heterocycles. The second-order valence-electron chi connectivity index (χ2n) is 5.26. The molecule has 1 fully saturated rings. The molecule has 0 spiro atoms. The first-order valence-corrected chi connectivity index (χ1v) is 6.70. The monoisotopic (exact) mass is 264 g/mol. The first-order chi connectivity index (χ1) is 9.11. The van der Waals surface area contributed by atoms with Crippen LogP contribution in [0.2, 0.25) is 0 Å². The minimum Gasteiger partial charge on any atom is -0.379 e. The number of nitro groups is 1. The van der Waals surface area contributed by atoms with Crippen LogP contribution in [0, 0.1) is 10.1 Å². The molecule has 0 bridgehead atoms. The molecule has 0 heterocycles. The van der Waals surface area contributed by atoms with Gasteiger partial charge < -0.3 is 10.5 Å². The SMILES string of the molecule is NC1(COCCc2ccccc2[N+](=O)[O-])CCCC1. The fourth-order valence-corrected chi connectivity index (χ4v) is 2.58. The van der Waals surface area contributed by atoms with Gasteiger partial charge in [0.2, 0.25) is 0 Å². The van der Waals surface area contributed by atoms with Crippen LogP contribution >= 0.6 is 0 Å². The summed E-state index contributed by atoms with van der Waals surface area (Å²) in [7, 11) is 0. The Morgan fingerprint density at radius 2 is 2.00 bits per heavy atom. The summed E-state index contributed by atoms with van der Waals surface area (Å²) >= 11 is 0. The van der Waals surface area contributed by atoms with E-state index in [0.29, 0.717) is 25.2 Å². The van der Waals surface area contributed by atoms with Crippen LogP contribution < -0.4 is 5.73 Å². The topological polar surface area (TPSA) is 78.4 Å². The lowest BCUT2D eigenvalue weighted by Gasteiger charge is -2.23. The summed E-state index contributed by atoms with van der Waals surface area (Å²) in [5.41, 5.74) is 6.88. The number of benzene rings is 1. The number of ether oxygens (including phenoxy) is 1. The Labute approximate surface area is 112 Å². The van der Waals surface area contributed by atoms with Gasteiger partial charge in [0, 0.05) is 23.6 Å². The van der Waals surface area contributed by atoms with Gasteiger partial charge in [-0.05, 0) is 12.8 Å². The molecule has 1 aromatic carbocycles.